The molecule has 1 aromatic carbocycles. The number of nitrogens with one attached hydrogen (secondary N) is 1. The summed E-state index contributed by atoms with van der Waals surface area (Å²) < 4.78 is 37.9. The van der Waals surface area contributed by atoms with Gasteiger partial charge < -0.3 is 15.1 Å². The Hall–Kier alpha value is -2.52. The normalized spacial score (nSPS) is 14.7. The van der Waals surface area contributed by atoms with Gasteiger partial charge >= 0.3 is 12.1 Å². The van der Waals surface area contributed by atoms with Gasteiger partial charge in [0.1, 0.15) is 5.15 Å². The second kappa shape index (κ2) is 8.46. The molecule has 1 N–H and O–H groups in total. The monoisotopic (exact) mass is 446 g/mol. The summed E-state index contributed by atoms with van der Waals surface area (Å²) in [6, 6.07) is 7.88. The zero-order chi connectivity index (χ0) is 21.2. The molecule has 11 heteroatoms. The zero-order valence-corrected chi connectivity index (χ0v) is 16.4. The lowest BCUT2D eigenvalue weighted by molar-refractivity contribution is -0.185. The van der Waals surface area contributed by atoms with Crippen LogP contribution in [0, 0.1) is 0 Å². The first kappa shape index (κ1) is 21.2. The van der Waals surface area contributed by atoms with Crippen molar-refractivity contribution in [3.63, 3.8) is 0 Å². The van der Waals surface area contributed by atoms with Gasteiger partial charge in [0.15, 0.2) is 0 Å². The second-order valence-corrected chi connectivity index (χ2v) is 7.03. The SMILES string of the molecule is O=C(Nc1cc(Cl)ccc1N1CCN(C(=O)C(F)(F)F)CC1)c1cccnc1Cl. The lowest BCUT2D eigenvalue weighted by Crippen LogP contribution is -2.52. The molecule has 0 radical (unpaired) electrons. The number of aromatic nitrogens is 1. The molecular formula is C18H15Cl2F3N4O2. The van der Waals surface area contributed by atoms with Crippen LogP contribution in [0.5, 0.6) is 0 Å². The van der Waals surface area contributed by atoms with Crippen molar-refractivity contribution in [1.82, 2.24) is 9.88 Å². The molecule has 0 spiro atoms. The Morgan fingerprint density at radius 2 is 1.76 bits per heavy atom. The van der Waals surface area contributed by atoms with Gasteiger partial charge in [0.05, 0.1) is 16.9 Å². The Balaban J connectivity index is 1.77. The molecule has 29 heavy (non-hydrogen) atoms. The molecule has 3 rings (SSSR count). The van der Waals surface area contributed by atoms with Crippen LogP contribution in [0.25, 0.3) is 0 Å². The van der Waals surface area contributed by atoms with E-state index in [2.05, 4.69) is 10.3 Å². The molecule has 1 aromatic heterocycles. The number of carbonyl (C=O) groups excluding carboxylic acids is 2. The Bertz CT molecular complexity index is 932. The van der Waals surface area contributed by atoms with Gasteiger partial charge in [0, 0.05) is 37.4 Å². The average Bonchev–Trinajstić information content (AvgIpc) is 2.67. The number of hydrogen-bond acceptors (Lipinski definition) is 4. The van der Waals surface area contributed by atoms with Crippen LogP contribution in [-0.4, -0.2) is 54.1 Å². The third kappa shape index (κ3) is 4.91. The van der Waals surface area contributed by atoms with Crippen LogP contribution >= 0.6 is 23.2 Å². The van der Waals surface area contributed by atoms with E-state index < -0.39 is 18.0 Å². The highest BCUT2D eigenvalue weighted by Gasteiger charge is 2.43. The van der Waals surface area contributed by atoms with Gasteiger partial charge in [-0.25, -0.2) is 4.98 Å². The largest absolute Gasteiger partial charge is 0.471 e. The molecule has 1 aliphatic rings. The number of pyridine rings is 1. The molecule has 0 aliphatic carbocycles. The van der Waals surface area contributed by atoms with E-state index >= 15 is 0 Å². The van der Waals surface area contributed by atoms with Crippen LogP contribution in [0.4, 0.5) is 24.5 Å². The van der Waals surface area contributed by atoms with Crippen LogP contribution in [-0.2, 0) is 4.79 Å². The molecule has 154 valence electrons. The first-order valence-electron chi connectivity index (χ1n) is 8.49. The fourth-order valence-electron chi connectivity index (χ4n) is 2.96. The first-order valence-corrected chi connectivity index (χ1v) is 9.25. The van der Waals surface area contributed by atoms with E-state index in [4.69, 9.17) is 23.2 Å². The number of amides is 2. The summed E-state index contributed by atoms with van der Waals surface area (Å²) in [6.07, 6.45) is -3.45. The van der Waals surface area contributed by atoms with Crippen molar-refractivity contribution in [2.75, 3.05) is 36.4 Å². The molecule has 1 saturated heterocycles. The van der Waals surface area contributed by atoms with E-state index in [0.29, 0.717) is 16.4 Å². The fourth-order valence-corrected chi connectivity index (χ4v) is 3.34. The van der Waals surface area contributed by atoms with Crippen molar-refractivity contribution >= 4 is 46.4 Å². The third-order valence-electron chi connectivity index (χ3n) is 4.36. The number of carbonyl (C=O) groups is 2. The van der Waals surface area contributed by atoms with E-state index in [9.17, 15) is 22.8 Å². The molecule has 0 saturated carbocycles. The highest BCUT2D eigenvalue weighted by atomic mass is 35.5. The van der Waals surface area contributed by atoms with Crippen LogP contribution in [0.2, 0.25) is 10.2 Å². The summed E-state index contributed by atoms with van der Waals surface area (Å²) in [5.41, 5.74) is 1.11. The predicted molar refractivity (Wildman–Crippen MR) is 104 cm³/mol. The molecule has 1 fully saturated rings. The molecule has 2 heterocycles. The molecule has 0 unspecified atom stereocenters. The van der Waals surface area contributed by atoms with Crippen LogP contribution < -0.4 is 10.2 Å². The second-order valence-electron chi connectivity index (χ2n) is 6.23. The average molecular weight is 447 g/mol. The number of rotatable bonds is 3. The number of alkyl halides is 3. The predicted octanol–water partition coefficient (Wildman–Crippen LogP) is 3.85. The van der Waals surface area contributed by atoms with Crippen LogP contribution in [0.1, 0.15) is 10.4 Å². The number of nitrogens with zero attached hydrogens (tertiary/aromatic N) is 3. The first-order chi connectivity index (χ1) is 13.7. The minimum absolute atomic E-state index is 0.0351. The maximum atomic E-state index is 12.6. The van der Waals surface area contributed by atoms with Crippen molar-refractivity contribution in [3.05, 3.63) is 52.3 Å². The quantitative estimate of drug-likeness (QED) is 0.727. The van der Waals surface area contributed by atoms with E-state index in [0.717, 1.165) is 4.90 Å². The third-order valence-corrected chi connectivity index (χ3v) is 4.90. The highest BCUT2D eigenvalue weighted by Crippen LogP contribution is 2.31. The molecule has 0 bridgehead atoms. The molecule has 0 atom stereocenters. The van der Waals surface area contributed by atoms with Gasteiger partial charge in [-0.3, -0.25) is 9.59 Å². The molecule has 2 aromatic rings. The molecular weight excluding hydrogens is 432 g/mol. The summed E-state index contributed by atoms with van der Waals surface area (Å²) in [5.74, 6) is -2.36. The van der Waals surface area contributed by atoms with E-state index in [-0.39, 0.29) is 36.9 Å². The summed E-state index contributed by atoms with van der Waals surface area (Å²) in [7, 11) is 0. The van der Waals surface area contributed by atoms with Gasteiger partial charge in [0.2, 0.25) is 0 Å². The van der Waals surface area contributed by atoms with Gasteiger partial charge in [-0.05, 0) is 30.3 Å². The molecule has 2 amide bonds. The van der Waals surface area contributed by atoms with Crippen LogP contribution in [0.15, 0.2) is 36.5 Å². The lowest BCUT2D eigenvalue weighted by atomic mass is 10.2. The van der Waals surface area contributed by atoms with Gasteiger partial charge in [-0.1, -0.05) is 23.2 Å². The minimum Gasteiger partial charge on any atom is -0.366 e. The van der Waals surface area contributed by atoms with Crippen molar-refractivity contribution in [2.45, 2.75) is 6.18 Å². The lowest BCUT2D eigenvalue weighted by Gasteiger charge is -2.37. The Labute approximate surface area is 174 Å². The highest BCUT2D eigenvalue weighted by molar-refractivity contribution is 6.33. The number of benzene rings is 1. The maximum absolute atomic E-state index is 12.6. The van der Waals surface area contributed by atoms with E-state index in [1.807, 2.05) is 0 Å². The standard InChI is InChI=1S/C18H15Cl2F3N4O2/c19-11-3-4-14(26-6-8-27(9-7-26)17(29)18(21,22)23)13(10-11)25-16(28)12-2-1-5-24-15(12)20/h1-5,10H,6-9H2,(H,25,28). The number of piperazine rings is 1. The van der Waals surface area contributed by atoms with Gasteiger partial charge in [-0.2, -0.15) is 13.2 Å². The smallest absolute Gasteiger partial charge is 0.366 e. The maximum Gasteiger partial charge on any atom is 0.471 e. The van der Waals surface area contributed by atoms with Crippen molar-refractivity contribution < 1.29 is 22.8 Å². The fraction of sp³-hybridized carbons (Fsp3) is 0.278. The number of anilines is 2. The van der Waals surface area contributed by atoms with Crippen molar-refractivity contribution in [1.29, 1.82) is 0 Å². The summed E-state index contributed by atoms with van der Waals surface area (Å²) >= 11 is 12.0. The van der Waals surface area contributed by atoms with Crippen LogP contribution in [0.3, 0.4) is 0 Å². The zero-order valence-electron chi connectivity index (χ0n) is 14.8. The number of halogens is 5. The minimum atomic E-state index is -4.90. The number of hydrogen-bond donors (Lipinski definition) is 1. The Morgan fingerprint density at radius 1 is 1.07 bits per heavy atom. The summed E-state index contributed by atoms with van der Waals surface area (Å²) in [6.45, 7) is 0.144. The Morgan fingerprint density at radius 3 is 2.38 bits per heavy atom. The van der Waals surface area contributed by atoms with E-state index in [1.165, 1.54) is 18.3 Å². The van der Waals surface area contributed by atoms with E-state index in [1.54, 1.807) is 23.1 Å². The van der Waals surface area contributed by atoms with Gasteiger partial charge in [0.25, 0.3) is 5.91 Å². The van der Waals surface area contributed by atoms with Crippen molar-refractivity contribution in [2.24, 2.45) is 0 Å². The summed E-state index contributed by atoms with van der Waals surface area (Å²) in [5, 5.41) is 3.12. The topological polar surface area (TPSA) is 65.5 Å². The Kier molecular flexibility index (Phi) is 6.18. The summed E-state index contributed by atoms with van der Waals surface area (Å²) in [4.78, 5) is 30.3. The molecule has 1 aliphatic heterocycles. The molecule has 6 nitrogen and oxygen atoms in total. The van der Waals surface area contributed by atoms with Gasteiger partial charge in [-0.15, -0.1) is 0 Å². The van der Waals surface area contributed by atoms with Crippen molar-refractivity contribution in [3.8, 4) is 0 Å².